The highest BCUT2D eigenvalue weighted by Crippen LogP contribution is 2.38. The summed E-state index contributed by atoms with van der Waals surface area (Å²) in [6.07, 6.45) is 3.59. The third-order valence-corrected chi connectivity index (χ3v) is 7.80. The summed E-state index contributed by atoms with van der Waals surface area (Å²) < 4.78 is 0. The number of thiophene rings is 1. The van der Waals surface area contributed by atoms with Crippen LogP contribution in [0.25, 0.3) is 10.4 Å². The Morgan fingerprint density at radius 1 is 1.09 bits per heavy atom. The molecule has 0 atom stereocenters. The average Bonchev–Trinajstić information content (AvgIpc) is 3.47. The number of hydrogen-bond donors (Lipinski definition) is 3. The number of nitrogens with one attached hydrogen (secondary N) is 2. The van der Waals surface area contributed by atoms with Crippen LogP contribution >= 0.6 is 11.3 Å². The van der Waals surface area contributed by atoms with E-state index in [-0.39, 0.29) is 17.4 Å². The minimum absolute atomic E-state index is 0.0104. The fourth-order valence-electron chi connectivity index (χ4n) is 4.94. The molecule has 2 amide bonds. The van der Waals surface area contributed by atoms with Gasteiger partial charge in [0, 0.05) is 28.9 Å². The Hall–Kier alpha value is -3.16. The van der Waals surface area contributed by atoms with Crippen LogP contribution in [-0.4, -0.2) is 35.3 Å². The molecule has 2 aliphatic rings. The molecule has 0 bridgehead atoms. The molecule has 6 nitrogen and oxygen atoms in total. The molecule has 2 aromatic carbocycles. The Balaban J connectivity index is 1.28. The SMILES string of the molecule is Nc1ccc(-c2cccs2)cc1NC(=O)c1ccc(CN2C(=O)CCC23CCNCC3)cc1. The Labute approximate surface area is 197 Å². The lowest BCUT2D eigenvalue weighted by molar-refractivity contribution is -0.132. The van der Waals surface area contributed by atoms with Crippen molar-refractivity contribution >= 4 is 34.5 Å². The molecule has 3 aromatic rings. The van der Waals surface area contributed by atoms with Crippen LogP contribution in [0.15, 0.2) is 60.0 Å². The Kier molecular flexibility index (Phi) is 5.91. The van der Waals surface area contributed by atoms with Gasteiger partial charge in [0.1, 0.15) is 0 Å². The zero-order valence-electron chi connectivity index (χ0n) is 18.5. The number of hydrogen-bond acceptors (Lipinski definition) is 5. The van der Waals surface area contributed by atoms with E-state index in [1.54, 1.807) is 11.3 Å². The average molecular weight is 461 g/mol. The first-order chi connectivity index (χ1) is 16.0. The summed E-state index contributed by atoms with van der Waals surface area (Å²) in [6.45, 7) is 2.51. The highest BCUT2D eigenvalue weighted by atomic mass is 32.1. The lowest BCUT2D eigenvalue weighted by Gasteiger charge is -2.42. The van der Waals surface area contributed by atoms with Gasteiger partial charge in [0.05, 0.1) is 11.4 Å². The van der Waals surface area contributed by atoms with Crippen LogP contribution in [0.4, 0.5) is 11.4 Å². The first kappa shape index (κ1) is 21.7. The summed E-state index contributed by atoms with van der Waals surface area (Å²) in [5.41, 5.74) is 9.85. The number of nitrogens with zero attached hydrogens (tertiary/aromatic N) is 1. The summed E-state index contributed by atoms with van der Waals surface area (Å²) in [5, 5.41) is 8.37. The molecule has 0 unspecified atom stereocenters. The predicted octanol–water partition coefficient (Wildman–Crippen LogP) is 4.49. The fraction of sp³-hybridized carbons (Fsp3) is 0.308. The lowest BCUT2D eigenvalue weighted by Crippen LogP contribution is -2.51. The molecule has 5 rings (SSSR count). The summed E-state index contributed by atoms with van der Waals surface area (Å²) in [5.74, 6) is 0.0310. The van der Waals surface area contributed by atoms with Gasteiger partial charge in [0.15, 0.2) is 0 Å². The normalized spacial score (nSPS) is 17.5. The largest absolute Gasteiger partial charge is 0.397 e. The predicted molar refractivity (Wildman–Crippen MR) is 133 cm³/mol. The van der Waals surface area contributed by atoms with E-state index in [1.165, 1.54) is 0 Å². The van der Waals surface area contributed by atoms with Gasteiger partial charge in [0.25, 0.3) is 5.91 Å². The molecule has 4 N–H and O–H groups in total. The van der Waals surface area contributed by atoms with Gasteiger partial charge in [-0.1, -0.05) is 24.3 Å². The topological polar surface area (TPSA) is 87.5 Å². The molecule has 0 aliphatic carbocycles. The van der Waals surface area contributed by atoms with Gasteiger partial charge in [-0.2, -0.15) is 0 Å². The number of benzene rings is 2. The number of nitrogens with two attached hydrogens (primary N) is 1. The van der Waals surface area contributed by atoms with Crippen LogP contribution in [-0.2, 0) is 11.3 Å². The molecule has 1 spiro atoms. The second-order valence-corrected chi connectivity index (χ2v) is 9.83. The van der Waals surface area contributed by atoms with Gasteiger partial charge in [-0.3, -0.25) is 9.59 Å². The first-order valence-corrected chi connectivity index (χ1v) is 12.3. The van der Waals surface area contributed by atoms with Crippen molar-refractivity contribution in [3.8, 4) is 10.4 Å². The first-order valence-electron chi connectivity index (χ1n) is 11.4. The van der Waals surface area contributed by atoms with Crippen molar-refractivity contribution in [1.29, 1.82) is 0 Å². The number of likely N-dealkylation sites (tertiary alicyclic amines) is 1. The van der Waals surface area contributed by atoms with E-state index >= 15 is 0 Å². The zero-order valence-corrected chi connectivity index (χ0v) is 19.3. The second-order valence-electron chi connectivity index (χ2n) is 8.88. The molecular weight excluding hydrogens is 432 g/mol. The number of anilines is 2. The quantitative estimate of drug-likeness (QED) is 0.490. The van der Waals surface area contributed by atoms with E-state index in [1.807, 2.05) is 60.0 Å². The Bertz CT molecular complexity index is 1150. The fourth-order valence-corrected chi connectivity index (χ4v) is 5.67. The second kappa shape index (κ2) is 9.00. The molecule has 2 saturated heterocycles. The van der Waals surface area contributed by atoms with E-state index < -0.39 is 0 Å². The zero-order chi connectivity index (χ0) is 22.8. The lowest BCUT2D eigenvalue weighted by atomic mass is 9.85. The number of nitrogen functional groups attached to an aromatic ring is 1. The minimum Gasteiger partial charge on any atom is -0.397 e. The maximum Gasteiger partial charge on any atom is 0.255 e. The minimum atomic E-state index is -0.205. The van der Waals surface area contributed by atoms with Crippen molar-refractivity contribution in [3.63, 3.8) is 0 Å². The van der Waals surface area contributed by atoms with Crippen molar-refractivity contribution in [2.75, 3.05) is 24.1 Å². The highest BCUT2D eigenvalue weighted by molar-refractivity contribution is 7.13. The van der Waals surface area contributed by atoms with Crippen molar-refractivity contribution in [2.24, 2.45) is 0 Å². The van der Waals surface area contributed by atoms with Gasteiger partial charge in [0.2, 0.25) is 5.91 Å². The van der Waals surface area contributed by atoms with E-state index in [0.717, 1.165) is 48.4 Å². The van der Waals surface area contributed by atoms with Crippen LogP contribution in [0.2, 0.25) is 0 Å². The maximum absolute atomic E-state index is 12.9. The van der Waals surface area contributed by atoms with Crippen LogP contribution < -0.4 is 16.4 Å². The molecule has 170 valence electrons. The molecule has 3 heterocycles. The van der Waals surface area contributed by atoms with Crippen LogP contribution in [0, 0.1) is 0 Å². The summed E-state index contributed by atoms with van der Waals surface area (Å²) in [6, 6.07) is 17.3. The number of carbonyl (C=O) groups excluding carboxylic acids is 2. The Morgan fingerprint density at radius 3 is 2.61 bits per heavy atom. The summed E-state index contributed by atoms with van der Waals surface area (Å²) in [7, 11) is 0. The third-order valence-electron chi connectivity index (χ3n) is 6.88. The van der Waals surface area contributed by atoms with E-state index in [9.17, 15) is 9.59 Å². The summed E-state index contributed by atoms with van der Waals surface area (Å²) in [4.78, 5) is 28.7. The van der Waals surface area contributed by atoms with Gasteiger partial charge in [-0.05, 0) is 79.2 Å². The third kappa shape index (κ3) is 4.38. The van der Waals surface area contributed by atoms with E-state index in [0.29, 0.717) is 29.9 Å². The van der Waals surface area contributed by atoms with Gasteiger partial charge < -0.3 is 21.3 Å². The number of carbonyl (C=O) groups is 2. The van der Waals surface area contributed by atoms with Crippen LogP contribution in [0.3, 0.4) is 0 Å². The van der Waals surface area contributed by atoms with Gasteiger partial charge in [-0.25, -0.2) is 0 Å². The number of amides is 2. The van der Waals surface area contributed by atoms with Gasteiger partial charge in [-0.15, -0.1) is 11.3 Å². The highest BCUT2D eigenvalue weighted by Gasteiger charge is 2.45. The van der Waals surface area contributed by atoms with Crippen molar-refractivity contribution < 1.29 is 9.59 Å². The molecular formula is C26H28N4O2S. The molecule has 33 heavy (non-hydrogen) atoms. The van der Waals surface area contributed by atoms with Crippen molar-refractivity contribution in [2.45, 2.75) is 37.8 Å². The molecule has 0 saturated carbocycles. The number of rotatable bonds is 5. The molecule has 2 fully saturated rings. The van der Waals surface area contributed by atoms with E-state index in [2.05, 4.69) is 15.5 Å². The standard InChI is InChI=1S/C26H28N4O2S/c27-21-8-7-20(23-2-1-15-33-23)16-22(21)29-25(32)19-5-3-18(4-6-19)17-30-24(31)9-10-26(30)11-13-28-14-12-26/h1-8,15-16,28H,9-14,17,27H2,(H,29,32). The van der Waals surface area contributed by atoms with E-state index in [4.69, 9.17) is 5.73 Å². The molecule has 0 radical (unpaired) electrons. The smallest absolute Gasteiger partial charge is 0.255 e. The molecule has 1 aromatic heterocycles. The van der Waals surface area contributed by atoms with Crippen molar-refractivity contribution in [3.05, 3.63) is 71.1 Å². The monoisotopic (exact) mass is 460 g/mol. The van der Waals surface area contributed by atoms with Crippen LogP contribution in [0.5, 0.6) is 0 Å². The molecule has 2 aliphatic heterocycles. The molecule has 7 heteroatoms. The van der Waals surface area contributed by atoms with Crippen LogP contribution in [0.1, 0.15) is 41.6 Å². The maximum atomic E-state index is 12.9. The van der Waals surface area contributed by atoms with Gasteiger partial charge >= 0.3 is 0 Å². The summed E-state index contributed by atoms with van der Waals surface area (Å²) >= 11 is 1.64. The van der Waals surface area contributed by atoms with Crippen molar-refractivity contribution in [1.82, 2.24) is 10.2 Å². The Morgan fingerprint density at radius 2 is 1.88 bits per heavy atom. The number of piperidine rings is 1.